The maximum absolute atomic E-state index is 9.29. The fourth-order valence-corrected chi connectivity index (χ4v) is 2.13. The Morgan fingerprint density at radius 1 is 1.18 bits per heavy atom. The van der Waals surface area contributed by atoms with E-state index >= 15 is 0 Å². The van der Waals surface area contributed by atoms with Crippen LogP contribution >= 0.6 is 15.9 Å². The van der Waals surface area contributed by atoms with Gasteiger partial charge in [-0.3, -0.25) is 0 Å². The number of halogens is 1. The standard InChI is InChI=1S/C13H20BrNO2/c1-15(7-3-2-4-8-16)13-9-12(14)6-5-11(13)10-17/h5-6,9,16-17H,2-4,7-8,10H2,1H3. The van der Waals surface area contributed by atoms with Gasteiger partial charge in [-0.15, -0.1) is 0 Å². The fraction of sp³-hybridized carbons (Fsp3) is 0.538. The van der Waals surface area contributed by atoms with Crippen molar-refractivity contribution in [2.45, 2.75) is 25.9 Å². The van der Waals surface area contributed by atoms with Crippen molar-refractivity contribution >= 4 is 21.6 Å². The Bertz CT molecular complexity index is 344. The minimum absolute atomic E-state index is 0.0591. The Labute approximate surface area is 111 Å². The molecule has 1 rings (SSSR count). The molecule has 0 saturated carbocycles. The molecular formula is C13H20BrNO2. The van der Waals surface area contributed by atoms with E-state index in [-0.39, 0.29) is 13.2 Å². The summed E-state index contributed by atoms with van der Waals surface area (Å²) in [5.41, 5.74) is 2.00. The first kappa shape index (κ1) is 14.5. The second kappa shape index (κ2) is 7.69. The Morgan fingerprint density at radius 2 is 1.94 bits per heavy atom. The normalized spacial score (nSPS) is 10.6. The second-order valence-corrected chi connectivity index (χ2v) is 5.05. The molecule has 17 heavy (non-hydrogen) atoms. The molecule has 0 bridgehead atoms. The molecular weight excluding hydrogens is 282 g/mol. The van der Waals surface area contributed by atoms with Crippen molar-refractivity contribution in [3.05, 3.63) is 28.2 Å². The first-order chi connectivity index (χ1) is 8.19. The summed E-state index contributed by atoms with van der Waals surface area (Å²) in [7, 11) is 2.03. The molecule has 0 aromatic heterocycles. The quantitative estimate of drug-likeness (QED) is 0.761. The minimum Gasteiger partial charge on any atom is -0.396 e. The van der Waals surface area contributed by atoms with Gasteiger partial charge in [0.15, 0.2) is 0 Å². The predicted octanol–water partition coefficient (Wildman–Crippen LogP) is 2.54. The van der Waals surface area contributed by atoms with Crippen LogP contribution in [0.4, 0.5) is 5.69 Å². The third kappa shape index (κ3) is 4.66. The van der Waals surface area contributed by atoms with Gasteiger partial charge < -0.3 is 15.1 Å². The Balaban J connectivity index is 2.60. The number of aliphatic hydroxyl groups is 2. The van der Waals surface area contributed by atoms with Crippen molar-refractivity contribution in [2.24, 2.45) is 0 Å². The first-order valence-corrected chi connectivity index (χ1v) is 6.69. The Hall–Kier alpha value is -0.580. The minimum atomic E-state index is 0.0591. The predicted molar refractivity (Wildman–Crippen MR) is 74.3 cm³/mol. The first-order valence-electron chi connectivity index (χ1n) is 5.90. The molecule has 1 aromatic rings. The molecule has 0 heterocycles. The van der Waals surface area contributed by atoms with Crippen molar-refractivity contribution in [3.63, 3.8) is 0 Å². The van der Waals surface area contributed by atoms with Gasteiger partial charge in [-0.2, -0.15) is 0 Å². The fourth-order valence-electron chi connectivity index (χ4n) is 1.78. The zero-order chi connectivity index (χ0) is 12.7. The Kier molecular flexibility index (Phi) is 6.55. The number of nitrogens with zero attached hydrogens (tertiary/aromatic N) is 1. The average Bonchev–Trinajstić information content (AvgIpc) is 2.34. The summed E-state index contributed by atoms with van der Waals surface area (Å²) in [6, 6.07) is 5.90. The van der Waals surface area contributed by atoms with Crippen LogP contribution in [0.25, 0.3) is 0 Å². The maximum Gasteiger partial charge on any atom is 0.0702 e. The third-order valence-corrected chi connectivity index (χ3v) is 3.27. The number of benzene rings is 1. The lowest BCUT2D eigenvalue weighted by molar-refractivity contribution is 0.281. The molecule has 0 atom stereocenters. The summed E-state index contributed by atoms with van der Waals surface area (Å²) in [5, 5.41) is 18.0. The van der Waals surface area contributed by atoms with Crippen molar-refractivity contribution in [1.29, 1.82) is 0 Å². The van der Waals surface area contributed by atoms with Crippen LogP contribution in [0.1, 0.15) is 24.8 Å². The number of hydrogen-bond acceptors (Lipinski definition) is 3. The SMILES string of the molecule is CN(CCCCCO)c1cc(Br)ccc1CO. The summed E-state index contributed by atoms with van der Waals surface area (Å²) in [6.07, 6.45) is 2.94. The lowest BCUT2D eigenvalue weighted by Gasteiger charge is -2.22. The zero-order valence-electron chi connectivity index (χ0n) is 10.2. The van der Waals surface area contributed by atoms with Gasteiger partial charge in [0, 0.05) is 35.9 Å². The summed E-state index contributed by atoms with van der Waals surface area (Å²) in [6.45, 7) is 1.26. The van der Waals surface area contributed by atoms with Gasteiger partial charge in [0.25, 0.3) is 0 Å². The van der Waals surface area contributed by atoms with E-state index in [1.807, 2.05) is 25.2 Å². The summed E-state index contributed by atoms with van der Waals surface area (Å²) < 4.78 is 1.02. The highest BCUT2D eigenvalue weighted by Gasteiger charge is 2.07. The van der Waals surface area contributed by atoms with Crippen LogP contribution in [-0.4, -0.2) is 30.4 Å². The van der Waals surface area contributed by atoms with Gasteiger partial charge in [-0.25, -0.2) is 0 Å². The van der Waals surface area contributed by atoms with Crippen molar-refractivity contribution < 1.29 is 10.2 Å². The monoisotopic (exact) mass is 301 g/mol. The molecule has 0 radical (unpaired) electrons. The molecule has 0 aliphatic carbocycles. The molecule has 2 N–H and O–H groups in total. The number of aliphatic hydroxyl groups excluding tert-OH is 2. The highest BCUT2D eigenvalue weighted by atomic mass is 79.9. The van der Waals surface area contributed by atoms with Crippen LogP contribution in [0.2, 0.25) is 0 Å². The Morgan fingerprint density at radius 3 is 2.59 bits per heavy atom. The van der Waals surface area contributed by atoms with Gasteiger partial charge in [0.1, 0.15) is 0 Å². The molecule has 0 fully saturated rings. The summed E-state index contributed by atoms with van der Waals surface area (Å²) in [5.74, 6) is 0. The molecule has 0 amide bonds. The van der Waals surface area contributed by atoms with Crippen LogP contribution in [0.15, 0.2) is 22.7 Å². The molecule has 4 heteroatoms. The lowest BCUT2D eigenvalue weighted by atomic mass is 10.1. The molecule has 0 aliphatic rings. The third-order valence-electron chi connectivity index (χ3n) is 2.78. The number of anilines is 1. The molecule has 0 unspecified atom stereocenters. The smallest absolute Gasteiger partial charge is 0.0702 e. The zero-order valence-corrected chi connectivity index (χ0v) is 11.8. The molecule has 1 aromatic carbocycles. The van der Waals surface area contributed by atoms with E-state index in [0.29, 0.717) is 0 Å². The van der Waals surface area contributed by atoms with Crippen LogP contribution in [0.3, 0.4) is 0 Å². The van der Waals surface area contributed by atoms with Crippen LogP contribution in [-0.2, 0) is 6.61 Å². The van der Waals surface area contributed by atoms with Gasteiger partial charge >= 0.3 is 0 Å². The van der Waals surface area contributed by atoms with Crippen LogP contribution < -0.4 is 4.90 Å². The molecule has 0 aliphatic heterocycles. The van der Waals surface area contributed by atoms with Crippen LogP contribution in [0, 0.1) is 0 Å². The highest BCUT2D eigenvalue weighted by molar-refractivity contribution is 9.10. The van der Waals surface area contributed by atoms with Gasteiger partial charge in [-0.1, -0.05) is 22.0 Å². The number of rotatable bonds is 7. The molecule has 96 valence electrons. The molecule has 3 nitrogen and oxygen atoms in total. The van der Waals surface area contributed by atoms with E-state index in [1.165, 1.54) is 0 Å². The number of hydrogen-bond donors (Lipinski definition) is 2. The van der Waals surface area contributed by atoms with Gasteiger partial charge in [-0.05, 0) is 31.4 Å². The molecule has 0 spiro atoms. The largest absolute Gasteiger partial charge is 0.396 e. The van der Waals surface area contributed by atoms with Crippen molar-refractivity contribution in [3.8, 4) is 0 Å². The van der Waals surface area contributed by atoms with E-state index < -0.39 is 0 Å². The second-order valence-electron chi connectivity index (χ2n) is 4.14. The highest BCUT2D eigenvalue weighted by Crippen LogP contribution is 2.24. The maximum atomic E-state index is 9.29. The van der Waals surface area contributed by atoms with E-state index in [4.69, 9.17) is 5.11 Å². The average molecular weight is 302 g/mol. The van der Waals surface area contributed by atoms with E-state index in [1.54, 1.807) is 0 Å². The lowest BCUT2D eigenvalue weighted by Crippen LogP contribution is -2.20. The topological polar surface area (TPSA) is 43.7 Å². The van der Waals surface area contributed by atoms with E-state index in [0.717, 1.165) is 41.5 Å². The number of unbranched alkanes of at least 4 members (excludes halogenated alkanes) is 2. The van der Waals surface area contributed by atoms with Crippen molar-refractivity contribution in [1.82, 2.24) is 0 Å². The van der Waals surface area contributed by atoms with E-state index in [2.05, 4.69) is 20.8 Å². The van der Waals surface area contributed by atoms with Gasteiger partial charge in [0.05, 0.1) is 6.61 Å². The van der Waals surface area contributed by atoms with Crippen LogP contribution in [0.5, 0.6) is 0 Å². The summed E-state index contributed by atoms with van der Waals surface area (Å²) >= 11 is 3.45. The summed E-state index contributed by atoms with van der Waals surface area (Å²) in [4.78, 5) is 2.15. The van der Waals surface area contributed by atoms with Crippen molar-refractivity contribution in [2.75, 3.05) is 25.1 Å². The van der Waals surface area contributed by atoms with Gasteiger partial charge in [0.2, 0.25) is 0 Å². The van der Waals surface area contributed by atoms with E-state index in [9.17, 15) is 5.11 Å². The molecule has 0 saturated heterocycles.